The predicted molar refractivity (Wildman–Crippen MR) is 127 cm³/mol. The fraction of sp³-hybridized carbons (Fsp3) is 0.440. The number of aromatic nitrogens is 2. The summed E-state index contributed by atoms with van der Waals surface area (Å²) in [6.45, 7) is 9.12. The number of fused-ring (bicyclic) bond motifs is 1. The second kappa shape index (κ2) is 9.77. The highest BCUT2D eigenvalue weighted by atomic mass is 32.2. The second-order valence-electron chi connectivity index (χ2n) is 8.48. The van der Waals surface area contributed by atoms with E-state index in [2.05, 4.69) is 37.5 Å². The Morgan fingerprint density at radius 2 is 1.90 bits per heavy atom. The molecule has 0 atom stereocenters. The maximum atomic E-state index is 13.0. The molecule has 3 aromatic rings. The number of hydrogen-bond donors (Lipinski definition) is 0. The quantitative estimate of drug-likeness (QED) is 0.382. The Morgan fingerprint density at radius 3 is 2.68 bits per heavy atom. The summed E-state index contributed by atoms with van der Waals surface area (Å²) in [6, 6.07) is 14.2. The lowest BCUT2D eigenvalue weighted by Gasteiger charge is -2.30. The van der Waals surface area contributed by atoms with Crippen molar-refractivity contribution in [3.05, 3.63) is 53.6 Å². The van der Waals surface area contributed by atoms with Gasteiger partial charge in [-0.1, -0.05) is 36.9 Å². The molecule has 164 valence electrons. The lowest BCUT2D eigenvalue weighted by molar-refractivity contribution is -0.133. The number of rotatable bonds is 7. The average molecular weight is 438 g/mol. The van der Waals surface area contributed by atoms with Crippen molar-refractivity contribution in [1.29, 1.82) is 0 Å². The number of carbonyl (C=O) groups excluding carboxylic acids is 1. The number of nitrogens with zero attached hydrogens (tertiary/aromatic N) is 3. The first-order chi connectivity index (χ1) is 15.0. The van der Waals surface area contributed by atoms with Crippen LogP contribution < -0.4 is 4.74 Å². The molecule has 1 aromatic heterocycles. The molecule has 2 aromatic carbocycles. The number of thioether (sulfide) groups is 1. The van der Waals surface area contributed by atoms with Crippen molar-refractivity contribution in [2.75, 3.05) is 25.4 Å². The molecular weight excluding hydrogens is 406 g/mol. The van der Waals surface area contributed by atoms with Crippen molar-refractivity contribution in [2.45, 2.75) is 45.3 Å². The van der Waals surface area contributed by atoms with Crippen molar-refractivity contribution < 1.29 is 9.53 Å². The monoisotopic (exact) mass is 437 g/mol. The van der Waals surface area contributed by atoms with E-state index in [9.17, 15) is 4.79 Å². The summed E-state index contributed by atoms with van der Waals surface area (Å²) < 4.78 is 8.00. The van der Waals surface area contributed by atoms with Crippen LogP contribution in [0.2, 0.25) is 0 Å². The molecule has 1 fully saturated rings. The van der Waals surface area contributed by atoms with Crippen molar-refractivity contribution in [1.82, 2.24) is 14.5 Å². The minimum Gasteiger partial charge on any atom is -0.493 e. The molecule has 0 saturated carbocycles. The van der Waals surface area contributed by atoms with Gasteiger partial charge in [0.1, 0.15) is 12.3 Å². The first kappa shape index (κ1) is 21.8. The topological polar surface area (TPSA) is 47.4 Å². The number of piperidine rings is 1. The number of para-hydroxylation sites is 2. The molecule has 0 aliphatic carbocycles. The van der Waals surface area contributed by atoms with E-state index in [-0.39, 0.29) is 5.91 Å². The Hall–Kier alpha value is -2.47. The summed E-state index contributed by atoms with van der Waals surface area (Å²) in [5, 5.41) is 0.878. The Bertz CT molecular complexity index is 1050. The molecule has 6 heteroatoms. The smallest absolute Gasteiger partial charge is 0.242 e. The molecule has 31 heavy (non-hydrogen) atoms. The Balaban J connectivity index is 1.42. The van der Waals surface area contributed by atoms with Crippen molar-refractivity contribution in [2.24, 2.45) is 5.92 Å². The van der Waals surface area contributed by atoms with E-state index in [1.807, 2.05) is 35.2 Å². The van der Waals surface area contributed by atoms with Crippen LogP contribution in [0.15, 0.2) is 47.6 Å². The first-order valence-electron chi connectivity index (χ1n) is 11.1. The van der Waals surface area contributed by atoms with Crippen LogP contribution in [-0.2, 0) is 11.3 Å². The Kier molecular flexibility index (Phi) is 6.86. The summed E-state index contributed by atoms with van der Waals surface area (Å²) in [6.07, 6.45) is 2.18. The minimum absolute atomic E-state index is 0.184. The summed E-state index contributed by atoms with van der Waals surface area (Å²) in [4.78, 5) is 19.8. The Labute approximate surface area is 188 Å². The maximum absolute atomic E-state index is 13.0. The highest BCUT2D eigenvalue weighted by Crippen LogP contribution is 2.25. The summed E-state index contributed by atoms with van der Waals surface area (Å²) in [5.74, 6) is 2.56. The van der Waals surface area contributed by atoms with Crippen molar-refractivity contribution in [3.63, 3.8) is 0 Å². The third kappa shape index (κ3) is 5.24. The van der Waals surface area contributed by atoms with Crippen LogP contribution in [0.5, 0.6) is 5.75 Å². The Morgan fingerprint density at radius 1 is 1.13 bits per heavy atom. The highest BCUT2D eigenvalue weighted by molar-refractivity contribution is 7.99. The highest BCUT2D eigenvalue weighted by Gasteiger charge is 2.22. The van der Waals surface area contributed by atoms with Gasteiger partial charge in [0, 0.05) is 18.8 Å². The normalized spacial score (nSPS) is 14.9. The van der Waals surface area contributed by atoms with Gasteiger partial charge >= 0.3 is 0 Å². The van der Waals surface area contributed by atoms with E-state index < -0.39 is 0 Å². The number of hydrogen-bond acceptors (Lipinski definition) is 4. The summed E-state index contributed by atoms with van der Waals surface area (Å²) >= 11 is 1.64. The van der Waals surface area contributed by atoms with Gasteiger partial charge in [0.25, 0.3) is 0 Å². The van der Waals surface area contributed by atoms with Gasteiger partial charge < -0.3 is 14.2 Å². The zero-order chi connectivity index (χ0) is 21.8. The number of benzene rings is 2. The fourth-order valence-electron chi connectivity index (χ4n) is 3.91. The van der Waals surface area contributed by atoms with Crippen LogP contribution in [0.3, 0.4) is 0 Å². The van der Waals surface area contributed by atoms with E-state index in [0.717, 1.165) is 53.6 Å². The third-order valence-electron chi connectivity index (χ3n) is 6.11. The molecule has 1 saturated heterocycles. The van der Waals surface area contributed by atoms with Gasteiger partial charge in [0.15, 0.2) is 5.16 Å². The van der Waals surface area contributed by atoms with E-state index in [4.69, 9.17) is 9.72 Å². The number of imidazole rings is 1. The van der Waals surface area contributed by atoms with Gasteiger partial charge in [-0.2, -0.15) is 0 Å². The van der Waals surface area contributed by atoms with Gasteiger partial charge in [0.05, 0.1) is 17.6 Å². The van der Waals surface area contributed by atoms with Crippen LogP contribution in [0.25, 0.3) is 11.0 Å². The molecule has 0 unspecified atom stereocenters. The summed E-state index contributed by atoms with van der Waals surface area (Å²) in [5.41, 5.74) is 4.44. The lowest BCUT2D eigenvalue weighted by Crippen LogP contribution is -2.39. The molecule has 2 heterocycles. The molecule has 5 nitrogen and oxygen atoms in total. The largest absolute Gasteiger partial charge is 0.493 e. The van der Waals surface area contributed by atoms with Crippen LogP contribution >= 0.6 is 11.8 Å². The van der Waals surface area contributed by atoms with E-state index in [0.29, 0.717) is 19.1 Å². The van der Waals surface area contributed by atoms with Crippen LogP contribution in [0.1, 0.15) is 30.9 Å². The maximum Gasteiger partial charge on any atom is 0.242 e. The zero-order valence-electron chi connectivity index (χ0n) is 18.6. The van der Waals surface area contributed by atoms with Gasteiger partial charge in [-0.25, -0.2) is 4.98 Å². The summed E-state index contributed by atoms with van der Waals surface area (Å²) in [7, 11) is 0. The molecule has 1 aliphatic heterocycles. The number of aryl methyl sites for hydroxylation is 2. The predicted octanol–water partition coefficient (Wildman–Crippen LogP) is 5.08. The number of carbonyl (C=O) groups is 1. The molecule has 4 rings (SSSR count). The average Bonchev–Trinajstić information content (AvgIpc) is 3.11. The van der Waals surface area contributed by atoms with E-state index in [1.54, 1.807) is 11.8 Å². The van der Waals surface area contributed by atoms with Gasteiger partial charge in [0.2, 0.25) is 5.91 Å². The van der Waals surface area contributed by atoms with Gasteiger partial charge in [-0.15, -0.1) is 0 Å². The SMILES string of the molecule is Cc1ccc(OCCSc2nc3ccccc3n2CC(=O)N2CCC(C)CC2)cc1C. The zero-order valence-corrected chi connectivity index (χ0v) is 19.5. The minimum atomic E-state index is 0.184. The first-order valence-corrected chi connectivity index (χ1v) is 12.1. The third-order valence-corrected chi connectivity index (χ3v) is 7.05. The number of amides is 1. The molecular formula is C25H31N3O2S. The molecule has 0 spiro atoms. The molecule has 0 radical (unpaired) electrons. The standard InChI is InChI=1S/C25H31N3O2S/c1-18-10-12-27(13-11-18)24(29)17-28-23-7-5-4-6-22(23)26-25(28)31-15-14-30-21-9-8-19(2)20(3)16-21/h4-9,16,18H,10-15,17H2,1-3H3. The molecule has 1 amide bonds. The fourth-order valence-corrected chi connectivity index (χ4v) is 4.74. The van der Waals surface area contributed by atoms with E-state index >= 15 is 0 Å². The second-order valence-corrected chi connectivity index (χ2v) is 9.54. The molecule has 0 N–H and O–H groups in total. The van der Waals surface area contributed by atoms with Crippen LogP contribution in [0, 0.1) is 19.8 Å². The van der Waals surface area contributed by atoms with Crippen molar-refractivity contribution in [3.8, 4) is 5.75 Å². The van der Waals surface area contributed by atoms with Gasteiger partial charge in [-0.3, -0.25) is 4.79 Å². The van der Waals surface area contributed by atoms with Crippen molar-refractivity contribution >= 4 is 28.7 Å². The van der Waals surface area contributed by atoms with Crippen LogP contribution in [0.4, 0.5) is 0 Å². The number of likely N-dealkylation sites (tertiary alicyclic amines) is 1. The van der Waals surface area contributed by atoms with Crippen LogP contribution in [-0.4, -0.2) is 45.8 Å². The van der Waals surface area contributed by atoms with Gasteiger partial charge in [-0.05, 0) is 68.0 Å². The number of ether oxygens (including phenoxy) is 1. The van der Waals surface area contributed by atoms with E-state index in [1.165, 1.54) is 11.1 Å². The molecule has 0 bridgehead atoms. The molecule has 1 aliphatic rings. The lowest BCUT2D eigenvalue weighted by atomic mass is 9.99.